The summed E-state index contributed by atoms with van der Waals surface area (Å²) in [5.74, 6) is 1.77. The number of nitrogens with zero attached hydrogens (tertiary/aromatic N) is 2. The highest BCUT2D eigenvalue weighted by atomic mass is 32.1. The second-order valence-electron chi connectivity index (χ2n) is 5.31. The topological polar surface area (TPSA) is 51.0 Å². The molecule has 4 nitrogen and oxygen atoms in total. The molecule has 0 fully saturated rings. The number of aromatic nitrogens is 2. The van der Waals surface area contributed by atoms with Crippen LogP contribution in [-0.4, -0.2) is 16.2 Å². The highest BCUT2D eigenvalue weighted by Crippen LogP contribution is 2.38. The van der Waals surface area contributed by atoms with Crippen molar-refractivity contribution in [1.29, 1.82) is 0 Å². The van der Waals surface area contributed by atoms with E-state index in [4.69, 9.17) is 4.42 Å². The van der Waals surface area contributed by atoms with Gasteiger partial charge in [0, 0.05) is 10.9 Å². The van der Waals surface area contributed by atoms with Crippen molar-refractivity contribution in [2.24, 2.45) is 0 Å². The third kappa shape index (κ3) is 2.72. The highest BCUT2D eigenvalue weighted by molar-refractivity contribution is 7.10. The van der Waals surface area contributed by atoms with Crippen molar-refractivity contribution >= 4 is 11.3 Å². The predicted octanol–water partition coefficient (Wildman–Crippen LogP) is 3.10. The largest absolute Gasteiger partial charge is 0.423 e. The van der Waals surface area contributed by atoms with Gasteiger partial charge >= 0.3 is 0 Å². The summed E-state index contributed by atoms with van der Waals surface area (Å²) in [5.41, 5.74) is 1.39. The summed E-state index contributed by atoms with van der Waals surface area (Å²) >= 11 is 1.84. The summed E-state index contributed by atoms with van der Waals surface area (Å²) in [6.07, 6.45) is 3.52. The van der Waals surface area contributed by atoms with Crippen molar-refractivity contribution in [3.63, 3.8) is 0 Å². The van der Waals surface area contributed by atoms with Crippen molar-refractivity contribution in [2.45, 2.75) is 51.6 Å². The minimum Gasteiger partial charge on any atom is -0.423 e. The molecular formula is C14H19N3OS. The Kier molecular flexibility index (Phi) is 3.66. The molecule has 0 aromatic carbocycles. The van der Waals surface area contributed by atoms with Crippen molar-refractivity contribution in [2.75, 3.05) is 0 Å². The first kappa shape index (κ1) is 12.8. The van der Waals surface area contributed by atoms with Gasteiger partial charge in [0.25, 0.3) is 0 Å². The molecule has 1 aliphatic rings. The molecule has 1 aliphatic carbocycles. The number of rotatable bonds is 4. The fraction of sp³-hybridized carbons (Fsp3) is 0.571. The smallest absolute Gasteiger partial charge is 0.230 e. The van der Waals surface area contributed by atoms with Gasteiger partial charge in [-0.25, -0.2) is 0 Å². The number of hydrogen-bond acceptors (Lipinski definition) is 5. The second-order valence-corrected chi connectivity index (χ2v) is 6.31. The van der Waals surface area contributed by atoms with Gasteiger partial charge in [-0.1, -0.05) is 13.8 Å². The molecule has 1 N–H and O–H groups in total. The summed E-state index contributed by atoms with van der Waals surface area (Å²) in [6.45, 7) is 4.86. The summed E-state index contributed by atoms with van der Waals surface area (Å²) < 4.78 is 5.82. The molecule has 0 bridgehead atoms. The van der Waals surface area contributed by atoms with Gasteiger partial charge in [-0.15, -0.1) is 21.5 Å². The van der Waals surface area contributed by atoms with Crippen LogP contribution in [0.3, 0.4) is 0 Å². The monoisotopic (exact) mass is 277 g/mol. The van der Waals surface area contributed by atoms with E-state index >= 15 is 0 Å². The summed E-state index contributed by atoms with van der Waals surface area (Å²) in [5, 5.41) is 13.9. The second kappa shape index (κ2) is 5.43. The Labute approximate surface area is 117 Å². The third-order valence-electron chi connectivity index (χ3n) is 3.49. The third-order valence-corrected chi connectivity index (χ3v) is 4.49. The van der Waals surface area contributed by atoms with E-state index in [1.165, 1.54) is 23.3 Å². The van der Waals surface area contributed by atoms with Crippen LogP contribution in [0.5, 0.6) is 0 Å². The van der Waals surface area contributed by atoms with E-state index in [0.717, 1.165) is 12.3 Å². The van der Waals surface area contributed by atoms with Gasteiger partial charge in [0.05, 0.1) is 12.5 Å². The lowest BCUT2D eigenvalue weighted by Gasteiger charge is -2.18. The number of hydrogen-bond donors (Lipinski definition) is 1. The Balaban J connectivity index is 1.77. The zero-order valence-corrected chi connectivity index (χ0v) is 12.2. The molecule has 3 rings (SSSR count). The van der Waals surface area contributed by atoms with E-state index in [2.05, 4.69) is 40.8 Å². The Morgan fingerprint density at radius 1 is 1.47 bits per heavy atom. The molecule has 0 amide bonds. The Morgan fingerprint density at radius 2 is 2.37 bits per heavy atom. The van der Waals surface area contributed by atoms with Crippen LogP contribution in [0.25, 0.3) is 0 Å². The maximum absolute atomic E-state index is 5.82. The van der Waals surface area contributed by atoms with Gasteiger partial charge in [0.2, 0.25) is 11.8 Å². The zero-order chi connectivity index (χ0) is 13.2. The number of nitrogens with one attached hydrogen (secondary N) is 1. The van der Waals surface area contributed by atoms with Gasteiger partial charge < -0.3 is 9.73 Å². The first-order valence-corrected chi connectivity index (χ1v) is 7.74. The lowest BCUT2D eigenvalue weighted by atomic mass is 9.88. The van der Waals surface area contributed by atoms with Crippen LogP contribution in [0.15, 0.2) is 15.9 Å². The van der Waals surface area contributed by atoms with Crippen molar-refractivity contribution in [1.82, 2.24) is 15.5 Å². The van der Waals surface area contributed by atoms with E-state index in [0.29, 0.717) is 24.4 Å². The fourth-order valence-electron chi connectivity index (χ4n) is 2.51. The van der Waals surface area contributed by atoms with Crippen LogP contribution >= 0.6 is 11.3 Å². The van der Waals surface area contributed by atoms with Crippen LogP contribution in [0.1, 0.15) is 54.8 Å². The molecule has 1 atom stereocenters. The van der Waals surface area contributed by atoms with Crippen LogP contribution in [0.4, 0.5) is 0 Å². The normalized spacial score (nSPS) is 18.8. The Bertz CT molecular complexity index is 546. The Hall–Kier alpha value is -1.20. The molecule has 2 heterocycles. The van der Waals surface area contributed by atoms with E-state index in [1.807, 2.05) is 11.3 Å². The molecule has 19 heavy (non-hydrogen) atoms. The molecule has 0 radical (unpaired) electrons. The van der Waals surface area contributed by atoms with Gasteiger partial charge in [-0.2, -0.15) is 0 Å². The van der Waals surface area contributed by atoms with Gasteiger partial charge in [0.1, 0.15) is 0 Å². The van der Waals surface area contributed by atoms with Gasteiger partial charge in [-0.3, -0.25) is 0 Å². The number of aryl methyl sites for hydroxylation is 1. The van der Waals surface area contributed by atoms with Crippen LogP contribution in [0, 0.1) is 0 Å². The highest BCUT2D eigenvalue weighted by Gasteiger charge is 2.27. The molecule has 102 valence electrons. The average molecular weight is 277 g/mol. The maximum Gasteiger partial charge on any atom is 0.230 e. The number of thiophene rings is 1. The first-order chi connectivity index (χ1) is 9.24. The number of fused-ring (bicyclic) bond motifs is 1. The van der Waals surface area contributed by atoms with Crippen molar-refractivity contribution in [3.8, 4) is 0 Å². The molecule has 2 aromatic heterocycles. The summed E-state index contributed by atoms with van der Waals surface area (Å²) in [7, 11) is 0. The molecule has 0 saturated carbocycles. The average Bonchev–Trinajstić information content (AvgIpc) is 3.04. The summed E-state index contributed by atoms with van der Waals surface area (Å²) in [4.78, 5) is 1.48. The molecule has 5 heteroatoms. The van der Waals surface area contributed by atoms with Crippen molar-refractivity contribution < 1.29 is 4.42 Å². The lowest BCUT2D eigenvalue weighted by molar-refractivity contribution is 0.397. The molecule has 0 saturated heterocycles. The lowest BCUT2D eigenvalue weighted by Crippen LogP contribution is -2.21. The summed E-state index contributed by atoms with van der Waals surface area (Å²) in [6, 6.07) is 2.63. The maximum atomic E-state index is 5.82. The van der Waals surface area contributed by atoms with E-state index < -0.39 is 0 Å². The standard InChI is InChI=1S/C14H19N3OS/c1-9(2)15-8-13-16-17-14(18-13)11-4-3-5-12-10(11)6-7-19-12/h6-7,9,11,15H,3-5,8H2,1-2H3. The van der Waals surface area contributed by atoms with Gasteiger partial charge in [-0.05, 0) is 36.3 Å². The van der Waals surface area contributed by atoms with Crippen LogP contribution < -0.4 is 5.32 Å². The molecule has 2 aromatic rings. The van der Waals surface area contributed by atoms with Crippen molar-refractivity contribution in [3.05, 3.63) is 33.7 Å². The zero-order valence-electron chi connectivity index (χ0n) is 11.3. The molecule has 0 spiro atoms. The van der Waals surface area contributed by atoms with Gasteiger partial charge in [0.15, 0.2) is 0 Å². The van der Waals surface area contributed by atoms with E-state index in [9.17, 15) is 0 Å². The predicted molar refractivity (Wildman–Crippen MR) is 75.4 cm³/mol. The minimum atomic E-state index is 0.301. The van der Waals surface area contributed by atoms with E-state index in [1.54, 1.807) is 0 Å². The van der Waals surface area contributed by atoms with E-state index in [-0.39, 0.29) is 0 Å². The van der Waals surface area contributed by atoms with Crippen LogP contribution in [-0.2, 0) is 13.0 Å². The molecule has 0 aliphatic heterocycles. The SMILES string of the molecule is CC(C)NCc1nnc(C2CCCc3sccc32)o1. The molecule has 1 unspecified atom stereocenters. The fourth-order valence-corrected chi connectivity index (χ4v) is 3.50. The molecular weight excluding hydrogens is 258 g/mol. The quantitative estimate of drug-likeness (QED) is 0.933. The Morgan fingerprint density at radius 3 is 3.21 bits per heavy atom. The minimum absolute atomic E-state index is 0.301. The van der Waals surface area contributed by atoms with Crippen LogP contribution in [0.2, 0.25) is 0 Å². The first-order valence-electron chi connectivity index (χ1n) is 6.86.